The molecule has 23 heavy (non-hydrogen) atoms. The van der Waals surface area contributed by atoms with Crippen molar-refractivity contribution < 1.29 is 23.9 Å². The van der Waals surface area contributed by atoms with E-state index in [2.05, 4.69) is 5.48 Å². The Hall–Kier alpha value is -2.08. The van der Waals surface area contributed by atoms with E-state index in [4.69, 9.17) is 14.3 Å². The Morgan fingerprint density at radius 3 is 2.39 bits per heavy atom. The van der Waals surface area contributed by atoms with E-state index >= 15 is 0 Å². The number of carbonyl (C=O) groups excluding carboxylic acids is 2. The van der Waals surface area contributed by atoms with Gasteiger partial charge in [-0.25, -0.2) is 9.59 Å². The Morgan fingerprint density at radius 2 is 1.83 bits per heavy atom. The zero-order chi connectivity index (χ0) is 17.3. The smallest absolute Gasteiger partial charge is 0.431 e. The number of rotatable bonds is 7. The standard InChI is InChI=1S/C17H25NO5/c1-5-21-15(19)14(12-11-13-9-7-6-8-10-13)23-18-16(20)22-17(2,3)4/h6-10,14H,5,11-12H2,1-4H3,(H,18,20). The van der Waals surface area contributed by atoms with Crippen molar-refractivity contribution in [1.29, 1.82) is 0 Å². The third-order valence-electron chi connectivity index (χ3n) is 2.77. The Balaban J connectivity index is 2.55. The van der Waals surface area contributed by atoms with Gasteiger partial charge in [0, 0.05) is 0 Å². The Kier molecular flexibility index (Phi) is 7.54. The van der Waals surface area contributed by atoms with Crippen LogP contribution >= 0.6 is 0 Å². The van der Waals surface area contributed by atoms with E-state index in [-0.39, 0.29) is 6.61 Å². The predicted molar refractivity (Wildman–Crippen MR) is 85.6 cm³/mol. The molecule has 0 aliphatic carbocycles. The van der Waals surface area contributed by atoms with E-state index in [9.17, 15) is 9.59 Å². The third-order valence-corrected chi connectivity index (χ3v) is 2.77. The van der Waals surface area contributed by atoms with Gasteiger partial charge in [0.1, 0.15) is 5.60 Å². The van der Waals surface area contributed by atoms with E-state index in [1.54, 1.807) is 27.7 Å². The summed E-state index contributed by atoms with van der Waals surface area (Å²) in [5.41, 5.74) is 2.58. The fourth-order valence-electron chi connectivity index (χ4n) is 1.82. The first-order valence-electron chi connectivity index (χ1n) is 7.67. The minimum absolute atomic E-state index is 0.246. The van der Waals surface area contributed by atoms with Crippen molar-refractivity contribution in [3.63, 3.8) is 0 Å². The Morgan fingerprint density at radius 1 is 1.17 bits per heavy atom. The van der Waals surface area contributed by atoms with Gasteiger partial charge >= 0.3 is 12.1 Å². The van der Waals surface area contributed by atoms with Gasteiger partial charge in [-0.2, -0.15) is 5.48 Å². The van der Waals surface area contributed by atoms with Crippen LogP contribution in [0, 0.1) is 0 Å². The molecule has 0 radical (unpaired) electrons. The van der Waals surface area contributed by atoms with Crippen molar-refractivity contribution in [3.05, 3.63) is 35.9 Å². The lowest BCUT2D eigenvalue weighted by Crippen LogP contribution is -2.38. The summed E-state index contributed by atoms with van der Waals surface area (Å²) >= 11 is 0. The van der Waals surface area contributed by atoms with Gasteiger partial charge in [-0.1, -0.05) is 30.3 Å². The highest BCUT2D eigenvalue weighted by atomic mass is 16.7. The fraction of sp³-hybridized carbons (Fsp3) is 0.529. The van der Waals surface area contributed by atoms with Gasteiger partial charge in [-0.3, -0.25) is 4.84 Å². The van der Waals surface area contributed by atoms with Gasteiger partial charge < -0.3 is 9.47 Å². The molecule has 0 saturated carbocycles. The molecule has 1 amide bonds. The lowest BCUT2D eigenvalue weighted by Gasteiger charge is -2.21. The number of esters is 1. The van der Waals surface area contributed by atoms with E-state index in [1.807, 2.05) is 30.3 Å². The highest BCUT2D eigenvalue weighted by Crippen LogP contribution is 2.10. The second-order valence-electron chi connectivity index (χ2n) is 5.99. The number of nitrogens with one attached hydrogen (secondary N) is 1. The molecular weight excluding hydrogens is 298 g/mol. The second-order valence-corrected chi connectivity index (χ2v) is 5.99. The van der Waals surface area contributed by atoms with Gasteiger partial charge in [0.05, 0.1) is 6.61 Å². The minimum atomic E-state index is -0.886. The molecule has 1 rings (SSSR count). The van der Waals surface area contributed by atoms with Crippen LogP contribution in [-0.2, 0) is 25.5 Å². The van der Waals surface area contributed by atoms with Crippen LogP contribution in [-0.4, -0.2) is 30.4 Å². The number of benzene rings is 1. The summed E-state index contributed by atoms with van der Waals surface area (Å²) < 4.78 is 10.0. The minimum Gasteiger partial charge on any atom is -0.464 e. The van der Waals surface area contributed by atoms with Crippen molar-refractivity contribution in [2.75, 3.05) is 6.61 Å². The molecule has 0 aliphatic rings. The Labute approximate surface area is 137 Å². The molecule has 6 heteroatoms. The van der Waals surface area contributed by atoms with Crippen molar-refractivity contribution >= 4 is 12.1 Å². The normalized spacial score (nSPS) is 12.3. The maximum atomic E-state index is 11.9. The lowest BCUT2D eigenvalue weighted by molar-refractivity contribution is -0.161. The first-order chi connectivity index (χ1) is 10.8. The van der Waals surface area contributed by atoms with Gasteiger partial charge in [-0.15, -0.1) is 0 Å². The number of ether oxygens (including phenoxy) is 2. The predicted octanol–water partition coefficient (Wildman–Crippen LogP) is 3.01. The zero-order valence-corrected chi connectivity index (χ0v) is 14.1. The zero-order valence-electron chi connectivity index (χ0n) is 14.1. The number of amides is 1. The summed E-state index contributed by atoms with van der Waals surface area (Å²) in [4.78, 5) is 28.7. The molecule has 0 spiro atoms. The molecule has 1 atom stereocenters. The number of carbonyl (C=O) groups is 2. The van der Waals surface area contributed by atoms with Crippen molar-refractivity contribution in [3.8, 4) is 0 Å². The summed E-state index contributed by atoms with van der Waals surface area (Å²) in [6.45, 7) is 7.18. The van der Waals surface area contributed by atoms with Gasteiger partial charge in [0.2, 0.25) is 0 Å². The number of hydroxylamine groups is 1. The van der Waals surface area contributed by atoms with E-state index < -0.39 is 23.8 Å². The maximum Gasteiger partial charge on any atom is 0.431 e. The molecule has 0 aromatic heterocycles. The van der Waals surface area contributed by atoms with Crippen molar-refractivity contribution in [2.45, 2.75) is 52.2 Å². The molecule has 0 heterocycles. The van der Waals surface area contributed by atoms with Crippen LogP contribution in [0.15, 0.2) is 30.3 Å². The highest BCUT2D eigenvalue weighted by molar-refractivity contribution is 5.75. The van der Waals surface area contributed by atoms with Crippen LogP contribution in [0.1, 0.15) is 39.7 Å². The van der Waals surface area contributed by atoms with Crippen molar-refractivity contribution in [2.24, 2.45) is 0 Å². The van der Waals surface area contributed by atoms with Crippen LogP contribution < -0.4 is 5.48 Å². The van der Waals surface area contributed by atoms with Crippen LogP contribution in [0.5, 0.6) is 0 Å². The third kappa shape index (κ3) is 8.21. The average molecular weight is 323 g/mol. The number of hydrogen-bond donors (Lipinski definition) is 1. The quantitative estimate of drug-likeness (QED) is 0.617. The van der Waals surface area contributed by atoms with Crippen LogP contribution in [0.4, 0.5) is 4.79 Å². The molecule has 1 aromatic carbocycles. The number of aryl methyl sites for hydroxylation is 1. The molecule has 0 saturated heterocycles. The largest absolute Gasteiger partial charge is 0.464 e. The summed E-state index contributed by atoms with van der Waals surface area (Å²) in [6, 6.07) is 9.70. The summed E-state index contributed by atoms with van der Waals surface area (Å²) in [7, 11) is 0. The molecule has 0 bridgehead atoms. The highest BCUT2D eigenvalue weighted by Gasteiger charge is 2.24. The SMILES string of the molecule is CCOC(=O)C(CCc1ccccc1)ONC(=O)OC(C)(C)C. The molecule has 128 valence electrons. The molecule has 0 fully saturated rings. The van der Waals surface area contributed by atoms with E-state index in [0.717, 1.165) is 5.56 Å². The summed E-state index contributed by atoms with van der Waals surface area (Å²) in [6.07, 6.45) is -0.618. The number of hydrogen-bond acceptors (Lipinski definition) is 5. The lowest BCUT2D eigenvalue weighted by atomic mass is 10.1. The molecule has 1 N–H and O–H groups in total. The van der Waals surface area contributed by atoms with Gasteiger partial charge in [0.25, 0.3) is 0 Å². The molecule has 6 nitrogen and oxygen atoms in total. The van der Waals surface area contributed by atoms with Crippen LogP contribution in [0.25, 0.3) is 0 Å². The fourth-order valence-corrected chi connectivity index (χ4v) is 1.82. The molecule has 1 unspecified atom stereocenters. The van der Waals surface area contributed by atoms with Crippen LogP contribution in [0.2, 0.25) is 0 Å². The van der Waals surface area contributed by atoms with E-state index in [1.165, 1.54) is 0 Å². The molecule has 0 aliphatic heterocycles. The monoisotopic (exact) mass is 323 g/mol. The second kappa shape index (κ2) is 9.15. The topological polar surface area (TPSA) is 73.9 Å². The molecule has 1 aromatic rings. The van der Waals surface area contributed by atoms with Gasteiger partial charge in [0.15, 0.2) is 6.10 Å². The first kappa shape index (κ1) is 19.0. The van der Waals surface area contributed by atoms with E-state index in [0.29, 0.717) is 12.8 Å². The summed E-state index contributed by atoms with van der Waals surface area (Å²) in [5, 5.41) is 0. The van der Waals surface area contributed by atoms with Crippen LogP contribution in [0.3, 0.4) is 0 Å². The Bertz CT molecular complexity index is 495. The molecular formula is C17H25NO5. The van der Waals surface area contributed by atoms with Gasteiger partial charge in [-0.05, 0) is 46.1 Å². The van der Waals surface area contributed by atoms with Crippen molar-refractivity contribution in [1.82, 2.24) is 5.48 Å². The maximum absolute atomic E-state index is 11.9. The average Bonchev–Trinajstić information content (AvgIpc) is 2.46. The summed E-state index contributed by atoms with van der Waals surface area (Å²) in [5.74, 6) is -0.514. The first-order valence-corrected chi connectivity index (χ1v) is 7.67.